The molecule has 0 N–H and O–H groups in total. The van der Waals surface area contributed by atoms with Gasteiger partial charge in [-0.1, -0.05) is 0 Å². The number of β-lactam (4-membered cyclic amide) rings is 1. The second-order valence-electron chi connectivity index (χ2n) is 9.15. The third-order valence-corrected chi connectivity index (χ3v) is 6.82. The fraction of sp³-hybridized carbons (Fsp3) is 0.478. The molecule has 0 unspecified atom stereocenters. The minimum absolute atomic E-state index is 0.0854. The molecule has 36 heavy (non-hydrogen) atoms. The summed E-state index contributed by atoms with van der Waals surface area (Å²) in [5.74, 6) is -1.93. The van der Waals surface area contributed by atoms with Gasteiger partial charge in [-0.05, 0) is 51.0 Å². The van der Waals surface area contributed by atoms with E-state index in [0.717, 1.165) is 0 Å². The number of nitro groups is 1. The Morgan fingerprint density at radius 3 is 2.39 bits per heavy atom. The van der Waals surface area contributed by atoms with E-state index >= 15 is 0 Å². The lowest BCUT2D eigenvalue weighted by Crippen LogP contribution is -2.62. The molecule has 0 saturated carbocycles. The van der Waals surface area contributed by atoms with E-state index in [0.29, 0.717) is 16.9 Å². The van der Waals surface area contributed by atoms with Gasteiger partial charge < -0.3 is 18.9 Å². The Kier molecular flexibility index (Phi) is 8.23. The van der Waals surface area contributed by atoms with Crippen molar-refractivity contribution in [3.8, 4) is 0 Å². The Morgan fingerprint density at radius 2 is 1.78 bits per heavy atom. The zero-order valence-electron chi connectivity index (χ0n) is 20.2. The minimum Gasteiger partial charge on any atom is -0.433 e. The van der Waals surface area contributed by atoms with Crippen molar-refractivity contribution in [2.75, 3.05) is 19.2 Å². The van der Waals surface area contributed by atoms with Crippen molar-refractivity contribution in [2.45, 2.75) is 39.7 Å². The third kappa shape index (κ3) is 6.14. The number of esters is 2. The number of fused-ring (bicyclic) bond motifs is 1. The second-order valence-corrected chi connectivity index (χ2v) is 10.3. The van der Waals surface area contributed by atoms with Crippen LogP contribution in [-0.2, 0) is 39.9 Å². The molecule has 2 atom stereocenters. The summed E-state index contributed by atoms with van der Waals surface area (Å²) in [6, 6.07) is 5.49. The predicted molar refractivity (Wildman–Crippen MR) is 125 cm³/mol. The summed E-state index contributed by atoms with van der Waals surface area (Å²) in [6.45, 7) is 5.73. The molecule has 1 aromatic rings. The topological polar surface area (TPSA) is 152 Å². The normalized spacial score (nSPS) is 19.1. The van der Waals surface area contributed by atoms with Gasteiger partial charge in [0.2, 0.25) is 12.7 Å². The van der Waals surface area contributed by atoms with Crippen molar-refractivity contribution in [2.24, 2.45) is 11.3 Å². The molecule has 12 nitrogen and oxygen atoms in total. The van der Waals surface area contributed by atoms with E-state index in [9.17, 15) is 29.3 Å². The lowest BCUT2D eigenvalue weighted by atomic mass is 9.96. The lowest BCUT2D eigenvalue weighted by Gasteiger charge is -2.49. The Balaban J connectivity index is 1.48. The highest BCUT2D eigenvalue weighted by Gasteiger charge is 2.53. The van der Waals surface area contributed by atoms with Crippen LogP contribution in [0, 0.1) is 21.4 Å². The first kappa shape index (κ1) is 27.0. The number of hydrogen-bond donors (Lipinski definition) is 0. The van der Waals surface area contributed by atoms with Crippen molar-refractivity contribution in [1.29, 1.82) is 0 Å². The van der Waals surface area contributed by atoms with Gasteiger partial charge in [-0.2, -0.15) is 0 Å². The number of rotatable bonds is 8. The van der Waals surface area contributed by atoms with Gasteiger partial charge in [-0.3, -0.25) is 24.6 Å². The molecule has 2 heterocycles. The molecule has 194 valence electrons. The van der Waals surface area contributed by atoms with Gasteiger partial charge in [0, 0.05) is 17.9 Å². The monoisotopic (exact) mass is 522 g/mol. The maximum atomic E-state index is 12.7. The van der Waals surface area contributed by atoms with E-state index in [1.165, 1.54) is 40.9 Å². The zero-order chi connectivity index (χ0) is 26.6. The number of nitro benzene ring substituents is 1. The number of thioether (sulfide) groups is 1. The Labute approximate surface area is 211 Å². The fourth-order valence-electron chi connectivity index (χ4n) is 3.34. The maximum Gasteiger partial charge on any atom is 0.508 e. The molecule has 1 aromatic carbocycles. The molecule has 0 aliphatic carbocycles. The third-order valence-electron chi connectivity index (χ3n) is 5.34. The quantitative estimate of drug-likeness (QED) is 0.163. The van der Waals surface area contributed by atoms with Crippen molar-refractivity contribution in [3.63, 3.8) is 0 Å². The van der Waals surface area contributed by atoms with E-state index in [-0.39, 0.29) is 24.6 Å². The van der Waals surface area contributed by atoms with Crippen molar-refractivity contribution < 1.29 is 43.0 Å². The first-order valence-corrected chi connectivity index (χ1v) is 12.0. The van der Waals surface area contributed by atoms with Crippen molar-refractivity contribution in [3.05, 3.63) is 51.2 Å². The van der Waals surface area contributed by atoms with Crippen LogP contribution in [0.3, 0.4) is 0 Å². The van der Waals surface area contributed by atoms with E-state index in [2.05, 4.69) is 0 Å². The largest absolute Gasteiger partial charge is 0.508 e. The average Bonchev–Trinajstić information content (AvgIpc) is 2.82. The van der Waals surface area contributed by atoms with Crippen LogP contribution in [-0.4, -0.2) is 58.4 Å². The number of benzene rings is 1. The number of nitrogens with zero attached hydrogens (tertiary/aromatic N) is 2. The highest BCUT2D eigenvalue weighted by atomic mass is 32.2. The molecular formula is C23H26N2O10S. The van der Waals surface area contributed by atoms with Gasteiger partial charge in [0.1, 0.15) is 24.8 Å². The van der Waals surface area contributed by atoms with Gasteiger partial charge in [0.15, 0.2) is 0 Å². The minimum atomic E-state index is -0.993. The Morgan fingerprint density at radius 1 is 1.11 bits per heavy atom. The highest BCUT2D eigenvalue weighted by molar-refractivity contribution is 8.00. The Hall–Kier alpha value is -3.61. The molecule has 0 radical (unpaired) electrons. The van der Waals surface area contributed by atoms with Gasteiger partial charge >= 0.3 is 18.1 Å². The SMILES string of the molecule is CC1=C(C(=O)OCOC(=O)C(C)(C)C)N2C(=O)[C@H](COC(=O)OCc3ccc([N+](=O)[O-])cc3)[C@H]2SC1. The van der Waals surface area contributed by atoms with E-state index in [1.807, 2.05) is 0 Å². The van der Waals surface area contributed by atoms with Crippen molar-refractivity contribution in [1.82, 2.24) is 4.90 Å². The summed E-state index contributed by atoms with van der Waals surface area (Å²) in [7, 11) is 0. The van der Waals surface area contributed by atoms with Crippen LogP contribution in [0.5, 0.6) is 0 Å². The molecule has 0 aromatic heterocycles. The zero-order valence-corrected chi connectivity index (χ0v) is 21.0. The standard InChI is InChI=1S/C23H26N2O10S/c1-13-11-36-19-16(10-33-22(29)32-9-14-5-7-15(8-6-14)25(30)31)18(26)24(19)17(13)20(27)34-12-35-21(28)23(2,3)4/h5-8,16,19H,9-12H2,1-4H3/t16-,19+/m0/s1. The number of ether oxygens (including phenoxy) is 4. The number of amides is 1. The summed E-state index contributed by atoms with van der Waals surface area (Å²) in [5, 5.41) is 10.3. The maximum absolute atomic E-state index is 12.7. The molecule has 0 bridgehead atoms. The van der Waals surface area contributed by atoms with Gasteiger partial charge in [0.25, 0.3) is 5.69 Å². The summed E-state index contributed by atoms with van der Waals surface area (Å²) in [6.07, 6.45) is -0.993. The van der Waals surface area contributed by atoms with Gasteiger partial charge in [0.05, 0.1) is 15.7 Å². The van der Waals surface area contributed by atoms with E-state index in [1.54, 1.807) is 27.7 Å². The van der Waals surface area contributed by atoms with Crippen LogP contribution in [0.4, 0.5) is 10.5 Å². The average molecular weight is 523 g/mol. The van der Waals surface area contributed by atoms with Crippen LogP contribution in [0.25, 0.3) is 0 Å². The molecule has 2 aliphatic heterocycles. The summed E-state index contributed by atoms with van der Waals surface area (Å²) in [5.41, 5.74) is 0.421. The number of carbonyl (C=O) groups is 4. The van der Waals surface area contributed by atoms with Crippen LogP contribution >= 0.6 is 11.8 Å². The highest BCUT2D eigenvalue weighted by Crippen LogP contribution is 2.44. The van der Waals surface area contributed by atoms with Gasteiger partial charge in [-0.15, -0.1) is 11.8 Å². The van der Waals surface area contributed by atoms with E-state index < -0.39 is 52.4 Å². The van der Waals surface area contributed by atoms with Gasteiger partial charge in [-0.25, -0.2) is 9.59 Å². The number of non-ortho nitro benzene ring substituents is 1. The lowest BCUT2D eigenvalue weighted by molar-refractivity contribution is -0.384. The molecule has 0 spiro atoms. The van der Waals surface area contributed by atoms with Crippen molar-refractivity contribution >= 4 is 41.5 Å². The molecule has 3 rings (SSSR count). The summed E-state index contributed by atoms with van der Waals surface area (Å²) < 4.78 is 20.1. The summed E-state index contributed by atoms with van der Waals surface area (Å²) in [4.78, 5) is 60.6. The predicted octanol–water partition coefficient (Wildman–Crippen LogP) is 3.14. The van der Waals surface area contributed by atoms with Crippen LogP contribution in [0.2, 0.25) is 0 Å². The number of carbonyl (C=O) groups excluding carboxylic acids is 4. The molecule has 2 aliphatic rings. The fourth-order valence-corrected chi connectivity index (χ4v) is 4.68. The molecule has 1 fully saturated rings. The molecular weight excluding hydrogens is 496 g/mol. The Bertz CT molecular complexity index is 1090. The van der Waals surface area contributed by atoms with E-state index in [4.69, 9.17) is 18.9 Å². The molecule has 1 amide bonds. The second kappa shape index (κ2) is 11.0. The first-order valence-electron chi connectivity index (χ1n) is 10.9. The first-order chi connectivity index (χ1) is 16.9. The molecule has 1 saturated heterocycles. The number of hydrogen-bond acceptors (Lipinski definition) is 11. The van der Waals surface area contributed by atoms with Crippen LogP contribution < -0.4 is 0 Å². The smallest absolute Gasteiger partial charge is 0.433 e. The molecule has 13 heteroatoms. The van der Waals surface area contributed by atoms with Crippen LogP contribution in [0.1, 0.15) is 33.3 Å². The van der Waals surface area contributed by atoms with Crippen LogP contribution in [0.15, 0.2) is 35.5 Å². The summed E-state index contributed by atoms with van der Waals surface area (Å²) >= 11 is 1.42.